The molecule has 0 aliphatic carbocycles. The maximum atomic E-state index is 11.3. The molecule has 0 aliphatic heterocycles. The zero-order valence-corrected chi connectivity index (χ0v) is 11.8. The van der Waals surface area contributed by atoms with Crippen LogP contribution in [-0.2, 0) is 20.2 Å². The van der Waals surface area contributed by atoms with Gasteiger partial charge in [-0.3, -0.25) is 9.11 Å². The molecule has 7 N–H and O–H groups in total. The van der Waals surface area contributed by atoms with Gasteiger partial charge in [-0.25, -0.2) is 0 Å². The Kier molecular flexibility index (Phi) is 4.18. The van der Waals surface area contributed by atoms with Gasteiger partial charge in [-0.05, 0) is 12.1 Å². The summed E-state index contributed by atoms with van der Waals surface area (Å²) in [6.45, 7) is 0. The van der Waals surface area contributed by atoms with E-state index in [0.717, 1.165) is 6.07 Å². The largest absolute Gasteiger partial charge is 0.507 e. The molecule has 0 radical (unpaired) electrons. The van der Waals surface area contributed by atoms with Gasteiger partial charge in [0.1, 0.15) is 15.5 Å². The highest BCUT2D eigenvalue weighted by Gasteiger charge is 2.25. The average molecular weight is 337 g/mol. The third kappa shape index (κ3) is 2.91. The van der Waals surface area contributed by atoms with Crippen molar-refractivity contribution in [1.82, 2.24) is 0 Å². The zero-order valence-electron chi connectivity index (χ0n) is 10.2. The monoisotopic (exact) mass is 337 g/mol. The average Bonchev–Trinajstić information content (AvgIpc) is 2.25. The molecule has 116 valence electrons. The minimum atomic E-state index is -4.84. The van der Waals surface area contributed by atoms with E-state index < -0.39 is 41.5 Å². The SMILES string of the molecule is Nc1c(S(=O)(=O)O)cc(S(=O)(=O)O)c2cccc(O)c12.O. The van der Waals surface area contributed by atoms with E-state index in [-0.39, 0.29) is 16.2 Å². The van der Waals surface area contributed by atoms with Gasteiger partial charge in [0, 0.05) is 10.8 Å². The number of nitrogen functional groups attached to an aromatic ring is 1. The highest BCUT2D eigenvalue weighted by Crippen LogP contribution is 2.38. The number of nitrogens with two attached hydrogens (primary N) is 1. The van der Waals surface area contributed by atoms with Gasteiger partial charge in [0.15, 0.2) is 0 Å². The van der Waals surface area contributed by atoms with Crippen molar-refractivity contribution in [1.29, 1.82) is 0 Å². The predicted octanol–water partition coefficient (Wildman–Crippen LogP) is -0.204. The van der Waals surface area contributed by atoms with Crippen molar-refractivity contribution in [3.05, 3.63) is 24.3 Å². The lowest BCUT2D eigenvalue weighted by molar-refractivity contribution is 0.480. The molecule has 0 atom stereocenters. The molecular formula is C10H11NO8S2. The molecule has 0 amide bonds. The Balaban J connectivity index is 0.00000220. The lowest BCUT2D eigenvalue weighted by Crippen LogP contribution is -2.08. The molecule has 21 heavy (non-hydrogen) atoms. The standard InChI is InChI=1S/C10H9NO7S2.H2O/c11-10-8(20(16,17)18)4-7(19(13,14)15)5-2-1-3-6(12)9(5)10;/h1-4,12H,11H2,(H,13,14,15)(H,16,17,18);1H2. The van der Waals surface area contributed by atoms with Gasteiger partial charge in [-0.1, -0.05) is 12.1 Å². The van der Waals surface area contributed by atoms with E-state index in [1.54, 1.807) is 0 Å². The summed E-state index contributed by atoms with van der Waals surface area (Å²) in [4.78, 5) is -1.70. The van der Waals surface area contributed by atoms with Crippen molar-refractivity contribution in [3.8, 4) is 5.75 Å². The molecule has 9 nitrogen and oxygen atoms in total. The van der Waals surface area contributed by atoms with E-state index in [0.29, 0.717) is 6.07 Å². The fraction of sp³-hybridized carbons (Fsp3) is 0. The van der Waals surface area contributed by atoms with Crippen molar-refractivity contribution >= 4 is 36.7 Å². The van der Waals surface area contributed by atoms with Gasteiger partial charge >= 0.3 is 0 Å². The lowest BCUT2D eigenvalue weighted by Gasteiger charge is -2.11. The second-order valence-electron chi connectivity index (χ2n) is 3.94. The Bertz CT molecular complexity index is 918. The number of aromatic hydroxyl groups is 1. The summed E-state index contributed by atoms with van der Waals surface area (Å²) >= 11 is 0. The molecule has 0 aliphatic rings. The first-order valence-corrected chi connectivity index (χ1v) is 7.90. The van der Waals surface area contributed by atoms with Crippen molar-refractivity contribution in [2.24, 2.45) is 0 Å². The van der Waals surface area contributed by atoms with Gasteiger partial charge in [-0.15, -0.1) is 0 Å². The van der Waals surface area contributed by atoms with Crippen LogP contribution < -0.4 is 5.73 Å². The molecule has 0 saturated carbocycles. The van der Waals surface area contributed by atoms with Crippen LogP contribution in [-0.4, -0.2) is 36.5 Å². The van der Waals surface area contributed by atoms with E-state index in [9.17, 15) is 21.9 Å². The van der Waals surface area contributed by atoms with E-state index in [1.165, 1.54) is 12.1 Å². The van der Waals surface area contributed by atoms with Crippen LogP contribution in [0.15, 0.2) is 34.1 Å². The smallest absolute Gasteiger partial charge is 0.296 e. The predicted molar refractivity (Wildman–Crippen MR) is 73.3 cm³/mol. The molecule has 0 fully saturated rings. The molecule has 0 bridgehead atoms. The van der Waals surface area contributed by atoms with Gasteiger partial charge in [0.05, 0.1) is 5.69 Å². The number of anilines is 1. The van der Waals surface area contributed by atoms with Crippen LogP contribution in [0.3, 0.4) is 0 Å². The maximum absolute atomic E-state index is 11.3. The van der Waals surface area contributed by atoms with Crippen LogP contribution in [0, 0.1) is 0 Å². The number of benzene rings is 2. The van der Waals surface area contributed by atoms with E-state index in [4.69, 9.17) is 14.8 Å². The van der Waals surface area contributed by atoms with Crippen LogP contribution in [0.25, 0.3) is 10.8 Å². The van der Waals surface area contributed by atoms with Crippen molar-refractivity contribution in [2.45, 2.75) is 9.79 Å². The first kappa shape index (κ1) is 17.1. The van der Waals surface area contributed by atoms with Crippen molar-refractivity contribution < 1.29 is 36.5 Å². The normalized spacial score (nSPS) is 12.1. The van der Waals surface area contributed by atoms with Crippen LogP contribution in [0.2, 0.25) is 0 Å². The highest BCUT2D eigenvalue weighted by atomic mass is 32.2. The number of rotatable bonds is 2. The topological polar surface area (TPSA) is 186 Å². The van der Waals surface area contributed by atoms with Gasteiger partial charge in [0.25, 0.3) is 20.2 Å². The summed E-state index contributed by atoms with van der Waals surface area (Å²) in [6.07, 6.45) is 0. The fourth-order valence-electron chi connectivity index (χ4n) is 1.85. The number of phenols is 1. The van der Waals surface area contributed by atoms with Crippen LogP contribution in [0.1, 0.15) is 0 Å². The summed E-state index contributed by atoms with van der Waals surface area (Å²) < 4.78 is 63.2. The van der Waals surface area contributed by atoms with Gasteiger partial charge in [-0.2, -0.15) is 16.8 Å². The summed E-state index contributed by atoms with van der Waals surface area (Å²) in [7, 11) is -9.62. The number of fused-ring (bicyclic) bond motifs is 1. The first-order valence-electron chi connectivity index (χ1n) is 5.02. The Hall–Kier alpha value is -1.92. The Labute approximate surface area is 119 Å². The summed E-state index contributed by atoms with van der Waals surface area (Å²) in [5.74, 6) is -0.490. The molecule has 0 aromatic heterocycles. The van der Waals surface area contributed by atoms with Crippen LogP contribution >= 0.6 is 0 Å². The summed E-state index contributed by atoms with van der Waals surface area (Å²) in [6, 6.07) is 4.20. The minimum absolute atomic E-state index is 0. The van der Waals surface area contributed by atoms with E-state index >= 15 is 0 Å². The third-order valence-electron chi connectivity index (χ3n) is 2.66. The molecule has 0 heterocycles. The summed E-state index contributed by atoms with van der Waals surface area (Å²) in [5, 5.41) is 9.23. The van der Waals surface area contributed by atoms with Crippen LogP contribution in [0.5, 0.6) is 5.75 Å². The first-order chi connectivity index (χ1) is 9.03. The Morgan fingerprint density at radius 3 is 1.95 bits per heavy atom. The number of hydrogen-bond acceptors (Lipinski definition) is 6. The van der Waals surface area contributed by atoms with Gasteiger partial charge in [0.2, 0.25) is 0 Å². The quantitative estimate of drug-likeness (QED) is 0.428. The number of phenolic OH excluding ortho intramolecular Hbond substituents is 1. The third-order valence-corrected chi connectivity index (χ3v) is 4.45. The number of hydrogen-bond donors (Lipinski definition) is 4. The molecule has 11 heteroatoms. The molecular weight excluding hydrogens is 326 g/mol. The van der Waals surface area contributed by atoms with Crippen LogP contribution in [0.4, 0.5) is 5.69 Å². The summed E-state index contributed by atoms with van der Waals surface area (Å²) in [5.41, 5.74) is 5.02. The maximum Gasteiger partial charge on any atom is 0.296 e. The molecule has 0 unspecified atom stereocenters. The molecule has 0 saturated heterocycles. The molecule has 2 aromatic rings. The zero-order chi connectivity index (χ0) is 15.3. The van der Waals surface area contributed by atoms with E-state index in [2.05, 4.69) is 0 Å². The van der Waals surface area contributed by atoms with E-state index in [1.807, 2.05) is 0 Å². The lowest BCUT2D eigenvalue weighted by atomic mass is 10.1. The fourth-order valence-corrected chi connectivity index (χ4v) is 3.29. The molecule has 2 rings (SSSR count). The minimum Gasteiger partial charge on any atom is -0.507 e. The Morgan fingerprint density at radius 1 is 0.952 bits per heavy atom. The second kappa shape index (κ2) is 5.13. The van der Waals surface area contributed by atoms with Crippen molar-refractivity contribution in [2.75, 3.05) is 5.73 Å². The van der Waals surface area contributed by atoms with Gasteiger partial charge < -0.3 is 16.3 Å². The van der Waals surface area contributed by atoms with Crippen molar-refractivity contribution in [3.63, 3.8) is 0 Å². The molecule has 2 aromatic carbocycles. The molecule has 0 spiro atoms. The second-order valence-corrected chi connectivity index (χ2v) is 6.72. The highest BCUT2D eigenvalue weighted by molar-refractivity contribution is 7.87. The Morgan fingerprint density at radius 2 is 1.48 bits per heavy atom.